The van der Waals surface area contributed by atoms with Gasteiger partial charge >= 0.3 is 0 Å². The fourth-order valence-electron chi connectivity index (χ4n) is 3.17. The molecule has 1 fully saturated rings. The van der Waals surface area contributed by atoms with Crippen molar-refractivity contribution in [3.05, 3.63) is 35.9 Å². The summed E-state index contributed by atoms with van der Waals surface area (Å²) in [7, 11) is 0. The first-order valence-corrected chi connectivity index (χ1v) is 8.10. The molecule has 1 saturated carbocycles. The monoisotopic (exact) mass is 288 g/mol. The van der Waals surface area contributed by atoms with Crippen molar-refractivity contribution < 1.29 is 4.79 Å². The van der Waals surface area contributed by atoms with Gasteiger partial charge in [0.2, 0.25) is 5.91 Å². The normalized spacial score (nSPS) is 20.5. The van der Waals surface area contributed by atoms with Crippen LogP contribution in [0.4, 0.5) is 0 Å². The lowest BCUT2D eigenvalue weighted by molar-refractivity contribution is -0.125. The van der Waals surface area contributed by atoms with E-state index in [0.717, 1.165) is 12.1 Å². The van der Waals surface area contributed by atoms with Crippen LogP contribution in [0.1, 0.15) is 57.6 Å². The van der Waals surface area contributed by atoms with Gasteiger partial charge in [-0.05, 0) is 23.8 Å². The van der Waals surface area contributed by atoms with Crippen LogP contribution in [0.2, 0.25) is 0 Å². The lowest BCUT2D eigenvalue weighted by atomic mass is 9.75. The number of carbonyl (C=O) groups is 1. The van der Waals surface area contributed by atoms with Gasteiger partial charge in [-0.3, -0.25) is 4.79 Å². The van der Waals surface area contributed by atoms with Gasteiger partial charge in [0.25, 0.3) is 0 Å². The number of carbonyl (C=O) groups excluding carboxylic acids is 1. The van der Waals surface area contributed by atoms with Crippen LogP contribution in [-0.4, -0.2) is 12.5 Å². The molecule has 3 heteroatoms. The molecule has 1 aromatic rings. The molecule has 2 rings (SSSR count). The van der Waals surface area contributed by atoms with E-state index in [1.54, 1.807) is 0 Å². The molecular formula is C18H28N2O. The summed E-state index contributed by atoms with van der Waals surface area (Å²) in [6, 6.07) is 9.61. The quantitative estimate of drug-likeness (QED) is 0.872. The van der Waals surface area contributed by atoms with Crippen molar-refractivity contribution in [1.82, 2.24) is 5.32 Å². The second-order valence-corrected chi connectivity index (χ2v) is 6.81. The summed E-state index contributed by atoms with van der Waals surface area (Å²) < 4.78 is 0. The van der Waals surface area contributed by atoms with Gasteiger partial charge < -0.3 is 11.1 Å². The Morgan fingerprint density at radius 3 is 2.48 bits per heavy atom. The van der Waals surface area contributed by atoms with Crippen LogP contribution in [0.5, 0.6) is 0 Å². The Kier molecular flexibility index (Phi) is 5.40. The SMILES string of the molecule is CC(C(=O)NCC1(C)CCCCC1)C(N)c1ccccc1. The third kappa shape index (κ3) is 4.31. The summed E-state index contributed by atoms with van der Waals surface area (Å²) in [4.78, 5) is 12.4. The largest absolute Gasteiger partial charge is 0.355 e. The molecule has 0 radical (unpaired) electrons. The highest BCUT2D eigenvalue weighted by atomic mass is 16.1. The van der Waals surface area contributed by atoms with Gasteiger partial charge in [-0.15, -0.1) is 0 Å². The Balaban J connectivity index is 1.87. The summed E-state index contributed by atoms with van der Waals surface area (Å²) in [6.07, 6.45) is 6.33. The molecular weight excluding hydrogens is 260 g/mol. The molecule has 1 aliphatic rings. The highest BCUT2D eigenvalue weighted by Gasteiger charge is 2.29. The van der Waals surface area contributed by atoms with Crippen molar-refractivity contribution in [3.8, 4) is 0 Å². The standard InChI is InChI=1S/C18H28N2O/c1-14(16(19)15-9-5-3-6-10-15)17(21)20-13-18(2)11-7-4-8-12-18/h3,5-6,9-10,14,16H,4,7-8,11-13,19H2,1-2H3,(H,20,21). The Hall–Kier alpha value is -1.35. The van der Waals surface area contributed by atoms with E-state index in [1.807, 2.05) is 37.3 Å². The van der Waals surface area contributed by atoms with E-state index in [-0.39, 0.29) is 23.3 Å². The zero-order chi connectivity index (χ0) is 15.3. The number of rotatable bonds is 5. The molecule has 0 saturated heterocycles. The number of nitrogens with two attached hydrogens (primary N) is 1. The van der Waals surface area contributed by atoms with Gasteiger partial charge in [-0.1, -0.05) is 63.4 Å². The minimum Gasteiger partial charge on any atom is -0.355 e. The molecule has 0 heterocycles. The van der Waals surface area contributed by atoms with Gasteiger partial charge in [0, 0.05) is 12.6 Å². The third-order valence-electron chi connectivity index (χ3n) is 4.89. The zero-order valence-corrected chi connectivity index (χ0v) is 13.3. The summed E-state index contributed by atoms with van der Waals surface area (Å²) in [5.74, 6) is -0.141. The zero-order valence-electron chi connectivity index (χ0n) is 13.3. The van der Waals surface area contributed by atoms with Gasteiger partial charge in [0.15, 0.2) is 0 Å². The van der Waals surface area contributed by atoms with Crippen molar-refractivity contribution in [2.24, 2.45) is 17.1 Å². The average molecular weight is 288 g/mol. The van der Waals surface area contributed by atoms with Gasteiger partial charge in [0.05, 0.1) is 5.92 Å². The Morgan fingerprint density at radius 2 is 1.86 bits per heavy atom. The fourth-order valence-corrected chi connectivity index (χ4v) is 3.17. The summed E-state index contributed by atoms with van der Waals surface area (Å²) in [6.45, 7) is 4.97. The smallest absolute Gasteiger partial charge is 0.224 e. The molecule has 1 amide bonds. The first-order valence-electron chi connectivity index (χ1n) is 8.10. The number of nitrogens with one attached hydrogen (secondary N) is 1. The molecule has 0 aliphatic heterocycles. The van der Waals surface area contributed by atoms with Gasteiger partial charge in [-0.2, -0.15) is 0 Å². The Morgan fingerprint density at radius 1 is 1.24 bits per heavy atom. The third-order valence-corrected chi connectivity index (χ3v) is 4.89. The molecule has 21 heavy (non-hydrogen) atoms. The second kappa shape index (κ2) is 7.08. The van der Waals surface area contributed by atoms with E-state index in [4.69, 9.17) is 5.73 Å². The van der Waals surface area contributed by atoms with Crippen LogP contribution >= 0.6 is 0 Å². The molecule has 116 valence electrons. The van der Waals surface area contributed by atoms with Crippen molar-refractivity contribution in [2.45, 2.75) is 52.0 Å². The van der Waals surface area contributed by atoms with Crippen molar-refractivity contribution in [2.75, 3.05) is 6.54 Å². The molecule has 2 atom stereocenters. The first-order chi connectivity index (χ1) is 10.0. The summed E-state index contributed by atoms with van der Waals surface area (Å²) >= 11 is 0. The van der Waals surface area contributed by atoms with E-state index in [0.29, 0.717) is 0 Å². The topological polar surface area (TPSA) is 55.1 Å². The Bertz CT molecular complexity index is 452. The molecule has 1 aromatic carbocycles. The number of hydrogen-bond donors (Lipinski definition) is 2. The maximum Gasteiger partial charge on any atom is 0.224 e. The van der Waals surface area contributed by atoms with E-state index >= 15 is 0 Å². The predicted octanol–water partition coefficient (Wildman–Crippen LogP) is 3.41. The van der Waals surface area contributed by atoms with Crippen molar-refractivity contribution in [3.63, 3.8) is 0 Å². The maximum absolute atomic E-state index is 12.4. The number of benzene rings is 1. The van der Waals surface area contributed by atoms with E-state index in [1.165, 1.54) is 32.1 Å². The van der Waals surface area contributed by atoms with Crippen LogP contribution in [0, 0.1) is 11.3 Å². The van der Waals surface area contributed by atoms with Gasteiger partial charge in [0.1, 0.15) is 0 Å². The highest BCUT2D eigenvalue weighted by Crippen LogP contribution is 2.35. The Labute approximate surface area is 128 Å². The van der Waals surface area contributed by atoms with E-state index in [9.17, 15) is 4.79 Å². The predicted molar refractivity (Wildman–Crippen MR) is 86.7 cm³/mol. The van der Waals surface area contributed by atoms with Crippen LogP contribution in [0.15, 0.2) is 30.3 Å². The summed E-state index contributed by atoms with van der Waals surface area (Å²) in [5, 5.41) is 3.12. The summed E-state index contributed by atoms with van der Waals surface area (Å²) in [5.41, 5.74) is 7.51. The highest BCUT2D eigenvalue weighted by molar-refractivity contribution is 5.79. The van der Waals surface area contributed by atoms with Crippen LogP contribution < -0.4 is 11.1 Å². The molecule has 0 aromatic heterocycles. The fraction of sp³-hybridized carbons (Fsp3) is 0.611. The van der Waals surface area contributed by atoms with Crippen LogP contribution in [-0.2, 0) is 4.79 Å². The first kappa shape index (κ1) is 16.0. The van der Waals surface area contributed by atoms with Crippen molar-refractivity contribution >= 4 is 5.91 Å². The molecule has 3 nitrogen and oxygen atoms in total. The van der Waals surface area contributed by atoms with Crippen LogP contribution in [0.25, 0.3) is 0 Å². The lowest BCUT2D eigenvalue weighted by Gasteiger charge is -2.34. The van der Waals surface area contributed by atoms with Crippen molar-refractivity contribution in [1.29, 1.82) is 0 Å². The maximum atomic E-state index is 12.4. The van der Waals surface area contributed by atoms with Gasteiger partial charge in [-0.25, -0.2) is 0 Å². The minimum absolute atomic E-state index is 0.0677. The molecule has 0 bridgehead atoms. The minimum atomic E-state index is -0.245. The molecule has 3 N–H and O–H groups in total. The van der Waals surface area contributed by atoms with E-state index in [2.05, 4.69) is 12.2 Å². The second-order valence-electron chi connectivity index (χ2n) is 6.81. The molecule has 0 spiro atoms. The number of amides is 1. The number of hydrogen-bond acceptors (Lipinski definition) is 2. The van der Waals surface area contributed by atoms with E-state index < -0.39 is 0 Å². The van der Waals surface area contributed by atoms with Crippen LogP contribution in [0.3, 0.4) is 0 Å². The molecule has 2 unspecified atom stereocenters. The molecule has 1 aliphatic carbocycles. The average Bonchev–Trinajstić information content (AvgIpc) is 2.53. The lowest BCUT2D eigenvalue weighted by Crippen LogP contribution is -2.41.